The van der Waals surface area contributed by atoms with Crippen LogP contribution in [-0.4, -0.2) is 39.1 Å². The Balaban J connectivity index is 1.98. The third kappa shape index (κ3) is 4.09. The SMILES string of the molecule is CNC(=O)COc1cc2cc(Nc3nc(Cl)ncc3Cl)cnc2n(C)c1=O. The number of aromatic nitrogens is 4. The number of aryl methyl sites for hydroxylation is 1. The lowest BCUT2D eigenvalue weighted by atomic mass is 10.2. The summed E-state index contributed by atoms with van der Waals surface area (Å²) in [7, 11) is 3.05. The number of ether oxygens (including phenoxy) is 1. The number of rotatable bonds is 5. The van der Waals surface area contributed by atoms with Crippen LogP contribution in [0.2, 0.25) is 10.3 Å². The van der Waals surface area contributed by atoms with E-state index in [2.05, 4.69) is 25.6 Å². The number of fused-ring (bicyclic) bond motifs is 1. The molecule has 0 saturated heterocycles. The first-order chi connectivity index (χ1) is 12.9. The van der Waals surface area contributed by atoms with Crippen molar-refractivity contribution in [2.24, 2.45) is 7.05 Å². The van der Waals surface area contributed by atoms with Gasteiger partial charge >= 0.3 is 0 Å². The van der Waals surface area contributed by atoms with Crippen LogP contribution >= 0.6 is 23.2 Å². The van der Waals surface area contributed by atoms with E-state index in [0.717, 1.165) is 0 Å². The van der Waals surface area contributed by atoms with E-state index in [4.69, 9.17) is 27.9 Å². The topological polar surface area (TPSA) is 111 Å². The maximum Gasteiger partial charge on any atom is 0.294 e. The second kappa shape index (κ2) is 7.77. The molecule has 140 valence electrons. The Morgan fingerprint density at radius 2 is 2.04 bits per heavy atom. The number of hydrogen-bond acceptors (Lipinski definition) is 7. The zero-order valence-electron chi connectivity index (χ0n) is 14.3. The molecule has 0 bridgehead atoms. The first kappa shape index (κ1) is 18.9. The van der Waals surface area contributed by atoms with Gasteiger partial charge in [0.15, 0.2) is 18.2 Å². The van der Waals surface area contributed by atoms with Gasteiger partial charge in [0.2, 0.25) is 5.28 Å². The van der Waals surface area contributed by atoms with Crippen molar-refractivity contribution in [2.75, 3.05) is 19.0 Å². The number of halogens is 2. The third-order valence-corrected chi connectivity index (χ3v) is 4.09. The molecule has 3 aromatic heterocycles. The second-order valence-electron chi connectivity index (χ2n) is 5.43. The summed E-state index contributed by atoms with van der Waals surface area (Å²) in [6, 6.07) is 3.26. The van der Waals surface area contributed by atoms with Crippen molar-refractivity contribution in [2.45, 2.75) is 0 Å². The fourth-order valence-corrected chi connectivity index (χ4v) is 2.55. The van der Waals surface area contributed by atoms with Gasteiger partial charge in [-0.25, -0.2) is 9.97 Å². The Hall–Kier alpha value is -2.91. The molecule has 0 aliphatic rings. The van der Waals surface area contributed by atoms with Crippen LogP contribution in [0.3, 0.4) is 0 Å². The average Bonchev–Trinajstić information content (AvgIpc) is 2.66. The highest BCUT2D eigenvalue weighted by Crippen LogP contribution is 2.25. The van der Waals surface area contributed by atoms with Crippen molar-refractivity contribution in [3.8, 4) is 5.75 Å². The number of carbonyl (C=O) groups excluding carboxylic acids is 1. The number of likely N-dealkylation sites (N-methyl/N-ethyl adjacent to an activating group) is 1. The molecule has 0 fully saturated rings. The maximum atomic E-state index is 12.3. The summed E-state index contributed by atoms with van der Waals surface area (Å²) >= 11 is 11.8. The van der Waals surface area contributed by atoms with Gasteiger partial charge in [0.05, 0.1) is 18.1 Å². The zero-order valence-corrected chi connectivity index (χ0v) is 15.8. The van der Waals surface area contributed by atoms with Gasteiger partial charge in [-0.15, -0.1) is 0 Å². The Bertz CT molecular complexity index is 1090. The first-order valence-electron chi connectivity index (χ1n) is 7.67. The van der Waals surface area contributed by atoms with E-state index >= 15 is 0 Å². The molecule has 0 saturated carbocycles. The van der Waals surface area contributed by atoms with Crippen LogP contribution in [-0.2, 0) is 11.8 Å². The van der Waals surface area contributed by atoms with E-state index in [1.54, 1.807) is 13.1 Å². The molecule has 3 heterocycles. The number of amides is 1. The smallest absolute Gasteiger partial charge is 0.294 e. The molecule has 27 heavy (non-hydrogen) atoms. The predicted molar refractivity (Wildman–Crippen MR) is 102 cm³/mol. The van der Waals surface area contributed by atoms with Crippen LogP contribution in [0.5, 0.6) is 5.75 Å². The highest BCUT2D eigenvalue weighted by Gasteiger charge is 2.12. The Morgan fingerprint density at radius 3 is 2.78 bits per heavy atom. The molecule has 0 aliphatic heterocycles. The van der Waals surface area contributed by atoms with Crippen LogP contribution in [0.15, 0.2) is 29.3 Å². The van der Waals surface area contributed by atoms with Gasteiger partial charge in [0.1, 0.15) is 10.7 Å². The van der Waals surface area contributed by atoms with Gasteiger partial charge in [-0.05, 0) is 23.7 Å². The Labute approximate surface area is 163 Å². The summed E-state index contributed by atoms with van der Waals surface area (Å²) in [6.07, 6.45) is 2.90. The minimum atomic E-state index is -0.398. The van der Waals surface area contributed by atoms with Crippen molar-refractivity contribution < 1.29 is 9.53 Å². The molecule has 2 N–H and O–H groups in total. The molecule has 0 atom stereocenters. The minimum absolute atomic E-state index is 0.0377. The summed E-state index contributed by atoms with van der Waals surface area (Å²) in [5.74, 6) is 0.00960. The Morgan fingerprint density at radius 1 is 1.26 bits per heavy atom. The zero-order chi connectivity index (χ0) is 19.6. The van der Waals surface area contributed by atoms with Crippen LogP contribution < -0.4 is 20.9 Å². The summed E-state index contributed by atoms with van der Waals surface area (Å²) < 4.78 is 6.66. The molecule has 3 rings (SSSR count). The normalized spacial score (nSPS) is 10.7. The van der Waals surface area contributed by atoms with Crippen molar-refractivity contribution >= 4 is 51.6 Å². The molecule has 0 unspecified atom stereocenters. The highest BCUT2D eigenvalue weighted by molar-refractivity contribution is 6.33. The summed E-state index contributed by atoms with van der Waals surface area (Å²) in [6.45, 7) is -0.266. The summed E-state index contributed by atoms with van der Waals surface area (Å²) in [5.41, 5.74) is 0.616. The Kier molecular flexibility index (Phi) is 5.43. The predicted octanol–water partition coefficient (Wildman–Crippen LogP) is 1.90. The van der Waals surface area contributed by atoms with Crippen molar-refractivity contribution in [1.82, 2.24) is 24.8 Å². The van der Waals surface area contributed by atoms with E-state index in [1.165, 1.54) is 30.1 Å². The largest absolute Gasteiger partial charge is 0.478 e. The lowest BCUT2D eigenvalue weighted by Crippen LogP contribution is -2.28. The molecule has 1 amide bonds. The van der Waals surface area contributed by atoms with Crippen LogP contribution in [0.25, 0.3) is 11.0 Å². The van der Waals surface area contributed by atoms with Crippen LogP contribution in [0, 0.1) is 0 Å². The van der Waals surface area contributed by atoms with Gasteiger partial charge in [0, 0.05) is 19.5 Å². The van der Waals surface area contributed by atoms with Gasteiger partial charge in [-0.3, -0.25) is 14.2 Å². The molecule has 11 heteroatoms. The number of anilines is 2. The molecule has 0 spiro atoms. The highest BCUT2D eigenvalue weighted by atomic mass is 35.5. The molecule has 0 aliphatic carbocycles. The summed E-state index contributed by atoms with van der Waals surface area (Å²) in [5, 5.41) is 6.36. The van der Waals surface area contributed by atoms with Crippen LogP contribution in [0.1, 0.15) is 0 Å². The molecular weight excluding hydrogens is 395 g/mol. The van der Waals surface area contributed by atoms with Gasteiger partial charge in [-0.2, -0.15) is 4.98 Å². The fraction of sp³-hybridized carbons (Fsp3) is 0.188. The van der Waals surface area contributed by atoms with Crippen molar-refractivity contribution in [3.05, 3.63) is 45.2 Å². The number of carbonyl (C=O) groups is 1. The lowest BCUT2D eigenvalue weighted by Gasteiger charge is -2.11. The molecule has 0 aromatic carbocycles. The number of hydrogen-bond donors (Lipinski definition) is 2. The van der Waals surface area contributed by atoms with Crippen molar-refractivity contribution in [1.29, 1.82) is 0 Å². The maximum absolute atomic E-state index is 12.3. The number of nitrogens with one attached hydrogen (secondary N) is 2. The van der Waals surface area contributed by atoms with E-state index in [0.29, 0.717) is 22.5 Å². The van der Waals surface area contributed by atoms with E-state index in [9.17, 15) is 9.59 Å². The average molecular weight is 409 g/mol. The lowest BCUT2D eigenvalue weighted by molar-refractivity contribution is -0.122. The summed E-state index contributed by atoms with van der Waals surface area (Å²) in [4.78, 5) is 35.8. The molecule has 0 radical (unpaired) electrons. The number of pyridine rings is 2. The monoisotopic (exact) mass is 408 g/mol. The molecule has 3 aromatic rings. The quantitative estimate of drug-likeness (QED) is 0.620. The first-order valence-corrected chi connectivity index (χ1v) is 8.43. The van der Waals surface area contributed by atoms with E-state index in [1.807, 2.05) is 0 Å². The molecular formula is C16H14Cl2N6O3. The second-order valence-corrected chi connectivity index (χ2v) is 6.18. The van der Waals surface area contributed by atoms with Gasteiger partial charge in [0.25, 0.3) is 11.5 Å². The van der Waals surface area contributed by atoms with Gasteiger partial charge in [-0.1, -0.05) is 11.6 Å². The fourth-order valence-electron chi connectivity index (χ4n) is 2.28. The van der Waals surface area contributed by atoms with Crippen LogP contribution in [0.4, 0.5) is 11.5 Å². The number of nitrogens with zero attached hydrogens (tertiary/aromatic N) is 4. The van der Waals surface area contributed by atoms with E-state index in [-0.39, 0.29) is 28.6 Å². The minimum Gasteiger partial charge on any atom is -0.478 e. The van der Waals surface area contributed by atoms with E-state index < -0.39 is 5.56 Å². The molecule has 9 nitrogen and oxygen atoms in total. The standard InChI is InChI=1S/C16H14Cl2N6O3/c1-19-12(25)7-27-11-4-8-3-9(5-20-14(8)24(2)15(11)26)22-13-10(17)6-21-16(18)23-13/h3-6H,7H2,1-2H3,(H,19,25)(H,21,22,23). The van der Waals surface area contributed by atoms with Gasteiger partial charge < -0.3 is 15.4 Å². The van der Waals surface area contributed by atoms with Crippen molar-refractivity contribution in [3.63, 3.8) is 0 Å². The third-order valence-electron chi connectivity index (χ3n) is 3.63.